The van der Waals surface area contributed by atoms with Crippen molar-refractivity contribution in [2.24, 2.45) is 4.99 Å². The molecule has 0 spiro atoms. The van der Waals surface area contributed by atoms with Gasteiger partial charge in [0.2, 0.25) is 0 Å². The first kappa shape index (κ1) is 13.0. The normalized spacial score (nSPS) is 20.4. The summed E-state index contributed by atoms with van der Waals surface area (Å²) >= 11 is 3.72. The van der Waals surface area contributed by atoms with Crippen LogP contribution in [0.5, 0.6) is 0 Å². The lowest BCUT2D eigenvalue weighted by Gasteiger charge is -2.24. The number of thiophene rings is 1. The molecule has 0 aromatic carbocycles. The number of nitrogens with one attached hydrogen (secondary N) is 1. The second kappa shape index (κ2) is 5.44. The van der Waals surface area contributed by atoms with Crippen LogP contribution in [0.15, 0.2) is 22.5 Å². The molecule has 0 saturated heterocycles. The molecule has 0 saturated carbocycles. The van der Waals surface area contributed by atoms with E-state index in [0.717, 1.165) is 18.3 Å². The van der Waals surface area contributed by atoms with Crippen LogP contribution in [0.2, 0.25) is 0 Å². The number of rotatable bonds is 4. The molecule has 2 heterocycles. The summed E-state index contributed by atoms with van der Waals surface area (Å²) in [5.41, 5.74) is 0.182. The fourth-order valence-electron chi connectivity index (χ4n) is 1.77. The van der Waals surface area contributed by atoms with Gasteiger partial charge in [0.05, 0.1) is 6.54 Å². The van der Waals surface area contributed by atoms with Crippen molar-refractivity contribution >= 4 is 28.3 Å². The zero-order valence-corrected chi connectivity index (χ0v) is 12.3. The smallest absolute Gasteiger partial charge is 0.156 e. The average Bonchev–Trinajstić information content (AvgIpc) is 2.98. The molecule has 1 aromatic heterocycles. The molecule has 1 aliphatic heterocycles. The van der Waals surface area contributed by atoms with Crippen molar-refractivity contribution < 1.29 is 0 Å². The molecule has 2 rings (SSSR count). The van der Waals surface area contributed by atoms with Crippen LogP contribution in [0.4, 0.5) is 0 Å². The maximum absolute atomic E-state index is 4.54. The summed E-state index contributed by atoms with van der Waals surface area (Å²) in [5.74, 6) is 0. The molecule has 94 valence electrons. The summed E-state index contributed by atoms with van der Waals surface area (Å²) in [6, 6.07) is 4.33. The molecule has 1 atom stereocenters. The highest BCUT2D eigenvalue weighted by atomic mass is 32.2. The molecule has 1 N–H and O–H groups in total. The molecule has 17 heavy (non-hydrogen) atoms. The molecular formula is C13H20N2S2. The lowest BCUT2D eigenvalue weighted by molar-refractivity contribution is 0.525. The Kier molecular flexibility index (Phi) is 4.15. The minimum Gasteiger partial charge on any atom is -0.364 e. The minimum atomic E-state index is 0.182. The summed E-state index contributed by atoms with van der Waals surface area (Å²) in [5, 5.41) is 7.45. The van der Waals surface area contributed by atoms with E-state index in [1.54, 1.807) is 0 Å². The lowest BCUT2D eigenvalue weighted by atomic mass is 9.92. The number of nitrogens with zero attached hydrogens (tertiary/aromatic N) is 1. The van der Waals surface area contributed by atoms with Crippen molar-refractivity contribution in [3.63, 3.8) is 0 Å². The van der Waals surface area contributed by atoms with Gasteiger partial charge in [-0.05, 0) is 17.9 Å². The number of hydrogen-bond donors (Lipinski definition) is 1. The van der Waals surface area contributed by atoms with E-state index in [-0.39, 0.29) is 5.41 Å². The Morgan fingerprint density at radius 3 is 2.94 bits per heavy atom. The van der Waals surface area contributed by atoms with Gasteiger partial charge in [-0.2, -0.15) is 0 Å². The topological polar surface area (TPSA) is 24.4 Å². The van der Waals surface area contributed by atoms with Gasteiger partial charge in [-0.15, -0.1) is 11.3 Å². The van der Waals surface area contributed by atoms with Crippen molar-refractivity contribution in [1.29, 1.82) is 0 Å². The van der Waals surface area contributed by atoms with Crippen LogP contribution < -0.4 is 5.32 Å². The van der Waals surface area contributed by atoms with E-state index in [4.69, 9.17) is 0 Å². The Bertz CT molecular complexity index is 382. The van der Waals surface area contributed by atoms with E-state index < -0.39 is 0 Å². The second-order valence-corrected chi connectivity index (χ2v) is 7.25. The predicted molar refractivity (Wildman–Crippen MR) is 79.3 cm³/mol. The fourth-order valence-corrected chi connectivity index (χ4v) is 3.56. The number of hydrogen-bond acceptors (Lipinski definition) is 4. The number of thioether (sulfide) groups is 1. The molecule has 0 radical (unpaired) electrons. The number of amidine groups is 1. The third kappa shape index (κ3) is 3.26. The molecular weight excluding hydrogens is 248 g/mol. The van der Waals surface area contributed by atoms with Crippen molar-refractivity contribution in [3.8, 4) is 0 Å². The average molecular weight is 268 g/mol. The molecule has 2 nitrogen and oxygen atoms in total. The largest absolute Gasteiger partial charge is 0.364 e. The molecule has 1 aromatic rings. The van der Waals surface area contributed by atoms with Crippen molar-refractivity contribution in [3.05, 3.63) is 22.4 Å². The van der Waals surface area contributed by atoms with Gasteiger partial charge in [-0.25, -0.2) is 0 Å². The molecule has 1 unspecified atom stereocenters. The molecule has 0 amide bonds. The third-order valence-corrected chi connectivity index (χ3v) is 5.59. The van der Waals surface area contributed by atoms with Crippen LogP contribution >= 0.6 is 23.1 Å². The second-order valence-electron chi connectivity index (χ2n) is 5.01. The lowest BCUT2D eigenvalue weighted by Crippen LogP contribution is -2.34. The van der Waals surface area contributed by atoms with Gasteiger partial charge < -0.3 is 5.32 Å². The van der Waals surface area contributed by atoms with Crippen molar-refractivity contribution in [1.82, 2.24) is 5.32 Å². The van der Waals surface area contributed by atoms with Gasteiger partial charge in [0.1, 0.15) is 0 Å². The highest BCUT2D eigenvalue weighted by Crippen LogP contribution is 2.28. The quantitative estimate of drug-likeness (QED) is 0.904. The Balaban J connectivity index is 1.86. The van der Waals surface area contributed by atoms with E-state index in [9.17, 15) is 0 Å². The van der Waals surface area contributed by atoms with Crippen LogP contribution in [0.25, 0.3) is 0 Å². The maximum atomic E-state index is 4.54. The van der Waals surface area contributed by atoms with Crippen LogP contribution in [-0.4, -0.2) is 23.5 Å². The Labute approximate surface area is 112 Å². The van der Waals surface area contributed by atoms with E-state index in [2.05, 4.69) is 48.6 Å². The summed E-state index contributed by atoms with van der Waals surface area (Å²) < 4.78 is 0. The summed E-state index contributed by atoms with van der Waals surface area (Å²) in [4.78, 5) is 5.98. The Morgan fingerprint density at radius 2 is 2.35 bits per heavy atom. The van der Waals surface area contributed by atoms with E-state index >= 15 is 0 Å². The fraction of sp³-hybridized carbons (Fsp3) is 0.615. The van der Waals surface area contributed by atoms with E-state index in [1.165, 1.54) is 11.3 Å². The van der Waals surface area contributed by atoms with Gasteiger partial charge in [0, 0.05) is 22.1 Å². The standard InChI is InChI=1S/C13H20N2S2/c1-4-10-8-14-12(17-10)15-9-13(2,3)11-6-5-7-16-11/h5-7,10H,4,8-9H2,1-3H3,(H,14,15). The van der Waals surface area contributed by atoms with Gasteiger partial charge in [0.15, 0.2) is 5.17 Å². The van der Waals surface area contributed by atoms with Crippen LogP contribution in [-0.2, 0) is 5.41 Å². The predicted octanol–water partition coefficient (Wildman–Crippen LogP) is 3.50. The number of aliphatic imine (C=N–C) groups is 1. The molecule has 1 aliphatic rings. The Hall–Kier alpha value is -0.480. The highest BCUT2D eigenvalue weighted by Gasteiger charge is 2.24. The Morgan fingerprint density at radius 1 is 1.53 bits per heavy atom. The summed E-state index contributed by atoms with van der Waals surface area (Å²) in [6.07, 6.45) is 1.20. The third-order valence-electron chi connectivity index (χ3n) is 3.04. The monoisotopic (exact) mass is 268 g/mol. The van der Waals surface area contributed by atoms with Gasteiger partial charge in [0.25, 0.3) is 0 Å². The molecule has 0 aliphatic carbocycles. The highest BCUT2D eigenvalue weighted by molar-refractivity contribution is 8.14. The summed E-state index contributed by atoms with van der Waals surface area (Å²) in [7, 11) is 0. The van der Waals surface area contributed by atoms with E-state index in [1.807, 2.05) is 23.1 Å². The van der Waals surface area contributed by atoms with Crippen molar-refractivity contribution in [2.75, 3.05) is 13.1 Å². The van der Waals surface area contributed by atoms with Crippen LogP contribution in [0.3, 0.4) is 0 Å². The zero-order valence-electron chi connectivity index (χ0n) is 10.7. The minimum absolute atomic E-state index is 0.182. The SMILES string of the molecule is CCC1CN=C(NCC(C)(C)c2cccs2)S1. The molecule has 0 bridgehead atoms. The summed E-state index contributed by atoms with van der Waals surface area (Å²) in [6.45, 7) is 8.72. The first-order valence-electron chi connectivity index (χ1n) is 6.11. The molecule has 4 heteroatoms. The zero-order chi connectivity index (χ0) is 12.3. The van der Waals surface area contributed by atoms with Crippen molar-refractivity contribution in [2.45, 2.75) is 37.9 Å². The molecule has 0 fully saturated rings. The van der Waals surface area contributed by atoms with Gasteiger partial charge in [-0.1, -0.05) is 38.6 Å². The first-order valence-corrected chi connectivity index (χ1v) is 7.86. The van der Waals surface area contributed by atoms with Crippen LogP contribution in [0, 0.1) is 0 Å². The van der Waals surface area contributed by atoms with Gasteiger partial charge in [-0.3, -0.25) is 4.99 Å². The maximum Gasteiger partial charge on any atom is 0.156 e. The first-order chi connectivity index (χ1) is 8.12. The van der Waals surface area contributed by atoms with Crippen LogP contribution in [0.1, 0.15) is 32.1 Å². The van der Waals surface area contributed by atoms with Gasteiger partial charge >= 0.3 is 0 Å². The van der Waals surface area contributed by atoms with E-state index in [0.29, 0.717) is 5.25 Å².